The monoisotopic (exact) mass is 849 g/mol. The zero-order valence-electron chi connectivity index (χ0n) is 39.7. The third-order valence-corrected chi connectivity index (χ3v) is 10.4. The van der Waals surface area contributed by atoms with E-state index in [-0.39, 0.29) is 37.5 Å². The van der Waals surface area contributed by atoms with Crippen LogP contribution in [0.5, 0.6) is 0 Å². The lowest BCUT2D eigenvalue weighted by atomic mass is 10.1. The van der Waals surface area contributed by atoms with Crippen LogP contribution in [0, 0.1) is 0 Å². The van der Waals surface area contributed by atoms with Gasteiger partial charge in [0.25, 0.3) is 0 Å². The van der Waals surface area contributed by atoms with Crippen molar-refractivity contribution in [3.63, 3.8) is 0 Å². The molecule has 0 saturated heterocycles. The molecule has 0 aliphatic heterocycles. The molecule has 61 heavy (non-hydrogen) atoms. The summed E-state index contributed by atoms with van der Waals surface area (Å²) in [6, 6.07) is 0. The molecule has 0 aliphatic carbocycles. The number of hydrogen-bond acceptors (Lipinski definition) is 6. The van der Waals surface area contributed by atoms with Crippen molar-refractivity contribution < 1.29 is 28.6 Å². The van der Waals surface area contributed by atoms with E-state index in [1.807, 2.05) is 12.2 Å². The molecule has 1 unspecified atom stereocenters. The number of unbranched alkanes of at least 4 members (excludes halogenated alkanes) is 19. The molecule has 0 fully saturated rings. The van der Waals surface area contributed by atoms with E-state index in [1.54, 1.807) is 0 Å². The number of hydrogen-bond donors (Lipinski definition) is 0. The van der Waals surface area contributed by atoms with Gasteiger partial charge in [-0.25, -0.2) is 0 Å². The van der Waals surface area contributed by atoms with Crippen LogP contribution in [-0.2, 0) is 28.6 Å². The predicted molar refractivity (Wildman–Crippen MR) is 261 cm³/mol. The standard InChI is InChI=1S/C55H92O6/c1-4-7-10-13-15-17-19-21-23-25-27-29-31-33-35-37-39-42-45-48-54(57)60-51-52(50-59-53(56)47-44-41-12-9-6-3)61-55(58)49-46-43-40-38-36-34-32-30-28-26-24-22-20-18-16-14-11-8-5-2/h7,10,15,17,21-24,27,29,33,35,39,42,52H,4-6,8-9,11-14,16,18-20,25-26,28,30-32,34,36-38,40-41,43-51H2,1-3H3/b10-7-,17-15-,23-21-,24-22-,29-27-,35-33-,42-39-. The second kappa shape index (κ2) is 49.2. The highest BCUT2D eigenvalue weighted by Gasteiger charge is 2.19. The van der Waals surface area contributed by atoms with Crippen LogP contribution in [0.25, 0.3) is 0 Å². The van der Waals surface area contributed by atoms with Crippen molar-refractivity contribution in [2.45, 2.75) is 232 Å². The number of esters is 3. The SMILES string of the molecule is CC/C=C\C/C=C\C/C=C\C/C=C\C/C=C\C/C=C\CCC(=O)OCC(COC(=O)CCCCCCC)OC(=O)CCCCCCCCCCC/C=C\CCCCCCCC. The molecule has 1 atom stereocenters. The van der Waals surface area contributed by atoms with Crippen molar-refractivity contribution in [2.24, 2.45) is 0 Å². The maximum Gasteiger partial charge on any atom is 0.306 e. The maximum absolute atomic E-state index is 12.7. The van der Waals surface area contributed by atoms with Gasteiger partial charge in [0.1, 0.15) is 13.2 Å². The highest BCUT2D eigenvalue weighted by Crippen LogP contribution is 2.14. The molecule has 0 amide bonds. The van der Waals surface area contributed by atoms with Crippen molar-refractivity contribution in [1.29, 1.82) is 0 Å². The van der Waals surface area contributed by atoms with Crippen LogP contribution in [-0.4, -0.2) is 37.2 Å². The molecule has 0 heterocycles. The first kappa shape index (κ1) is 57.6. The molecule has 0 aromatic rings. The molecule has 0 aromatic carbocycles. The van der Waals surface area contributed by atoms with E-state index < -0.39 is 6.10 Å². The number of carbonyl (C=O) groups is 3. The van der Waals surface area contributed by atoms with Crippen molar-refractivity contribution in [3.8, 4) is 0 Å². The minimum Gasteiger partial charge on any atom is -0.462 e. The van der Waals surface area contributed by atoms with Gasteiger partial charge in [-0.2, -0.15) is 0 Å². The van der Waals surface area contributed by atoms with Gasteiger partial charge < -0.3 is 14.2 Å². The average molecular weight is 849 g/mol. The first-order valence-electron chi connectivity index (χ1n) is 25.1. The Morgan fingerprint density at radius 1 is 0.344 bits per heavy atom. The lowest BCUT2D eigenvalue weighted by Gasteiger charge is -2.18. The van der Waals surface area contributed by atoms with Gasteiger partial charge in [-0.15, -0.1) is 0 Å². The van der Waals surface area contributed by atoms with Gasteiger partial charge in [0, 0.05) is 19.3 Å². The minimum absolute atomic E-state index is 0.102. The molecule has 0 aromatic heterocycles. The van der Waals surface area contributed by atoms with Gasteiger partial charge in [0.15, 0.2) is 6.10 Å². The summed E-state index contributed by atoms with van der Waals surface area (Å²) in [4.78, 5) is 37.6. The fraction of sp³-hybridized carbons (Fsp3) is 0.691. The minimum atomic E-state index is -0.804. The lowest BCUT2D eigenvalue weighted by Crippen LogP contribution is -2.30. The zero-order valence-corrected chi connectivity index (χ0v) is 39.7. The molecule has 6 heteroatoms. The van der Waals surface area contributed by atoms with Crippen molar-refractivity contribution in [3.05, 3.63) is 85.1 Å². The Balaban J connectivity index is 4.30. The van der Waals surface area contributed by atoms with Gasteiger partial charge in [0.05, 0.1) is 0 Å². The van der Waals surface area contributed by atoms with Crippen LogP contribution in [0.2, 0.25) is 0 Å². The second-order valence-electron chi connectivity index (χ2n) is 16.3. The highest BCUT2D eigenvalue weighted by molar-refractivity contribution is 5.71. The summed E-state index contributed by atoms with van der Waals surface area (Å²) in [5, 5.41) is 0. The summed E-state index contributed by atoms with van der Waals surface area (Å²) < 4.78 is 16.6. The number of carbonyl (C=O) groups excluding carboxylic acids is 3. The Morgan fingerprint density at radius 2 is 0.672 bits per heavy atom. The fourth-order valence-corrected chi connectivity index (χ4v) is 6.64. The summed E-state index contributed by atoms with van der Waals surface area (Å²) >= 11 is 0. The van der Waals surface area contributed by atoms with Crippen molar-refractivity contribution in [1.82, 2.24) is 0 Å². The Hall–Kier alpha value is -3.41. The van der Waals surface area contributed by atoms with E-state index in [4.69, 9.17) is 14.2 Å². The molecule has 0 rings (SSSR count). The molecule has 0 N–H and O–H groups in total. The molecule has 0 bridgehead atoms. The largest absolute Gasteiger partial charge is 0.462 e. The molecule has 348 valence electrons. The predicted octanol–water partition coefficient (Wildman–Crippen LogP) is 16.4. The van der Waals surface area contributed by atoms with E-state index in [9.17, 15) is 14.4 Å². The van der Waals surface area contributed by atoms with Gasteiger partial charge >= 0.3 is 17.9 Å². The molecule has 0 aliphatic rings. The molecular formula is C55H92O6. The number of allylic oxidation sites excluding steroid dienone is 14. The van der Waals surface area contributed by atoms with Crippen LogP contribution in [0.4, 0.5) is 0 Å². The Labute approximate surface area is 375 Å². The number of rotatable bonds is 44. The van der Waals surface area contributed by atoms with E-state index in [0.717, 1.165) is 89.9 Å². The second-order valence-corrected chi connectivity index (χ2v) is 16.3. The summed E-state index contributed by atoms with van der Waals surface area (Å²) in [6.45, 7) is 6.36. The van der Waals surface area contributed by atoms with Crippen LogP contribution < -0.4 is 0 Å². The summed E-state index contributed by atoms with van der Waals surface area (Å²) in [6.07, 6.45) is 63.3. The third-order valence-electron chi connectivity index (χ3n) is 10.4. The van der Waals surface area contributed by atoms with Crippen LogP contribution in [0.1, 0.15) is 226 Å². The summed E-state index contributed by atoms with van der Waals surface area (Å²) in [7, 11) is 0. The zero-order chi connectivity index (χ0) is 44.4. The van der Waals surface area contributed by atoms with E-state index in [1.165, 1.54) is 89.9 Å². The van der Waals surface area contributed by atoms with Gasteiger partial charge in [-0.05, 0) is 83.5 Å². The third kappa shape index (κ3) is 47.5. The van der Waals surface area contributed by atoms with Crippen molar-refractivity contribution in [2.75, 3.05) is 13.2 Å². The van der Waals surface area contributed by atoms with E-state index in [0.29, 0.717) is 19.3 Å². The lowest BCUT2D eigenvalue weighted by molar-refractivity contribution is -0.166. The Kier molecular flexibility index (Phi) is 46.5. The highest BCUT2D eigenvalue weighted by atomic mass is 16.6. The van der Waals surface area contributed by atoms with E-state index in [2.05, 4.69) is 93.7 Å². The molecule has 0 saturated carbocycles. The summed E-state index contributed by atoms with van der Waals surface area (Å²) in [5.74, 6) is -1.01. The molecule has 6 nitrogen and oxygen atoms in total. The van der Waals surface area contributed by atoms with Gasteiger partial charge in [-0.3, -0.25) is 14.4 Å². The number of ether oxygens (including phenoxy) is 3. The molecular weight excluding hydrogens is 757 g/mol. The average Bonchev–Trinajstić information content (AvgIpc) is 3.26. The van der Waals surface area contributed by atoms with Crippen LogP contribution in [0.15, 0.2) is 85.1 Å². The van der Waals surface area contributed by atoms with Crippen LogP contribution >= 0.6 is 0 Å². The van der Waals surface area contributed by atoms with Crippen molar-refractivity contribution >= 4 is 17.9 Å². The normalized spacial score (nSPS) is 12.8. The first-order valence-corrected chi connectivity index (χ1v) is 25.1. The first-order chi connectivity index (χ1) is 30.0. The fourth-order valence-electron chi connectivity index (χ4n) is 6.64. The van der Waals surface area contributed by atoms with Gasteiger partial charge in [-0.1, -0.05) is 209 Å². The summed E-state index contributed by atoms with van der Waals surface area (Å²) in [5.41, 5.74) is 0. The topological polar surface area (TPSA) is 78.9 Å². The van der Waals surface area contributed by atoms with Crippen LogP contribution in [0.3, 0.4) is 0 Å². The molecule has 0 radical (unpaired) electrons. The molecule has 0 spiro atoms. The van der Waals surface area contributed by atoms with E-state index >= 15 is 0 Å². The Morgan fingerprint density at radius 3 is 1.10 bits per heavy atom. The Bertz CT molecular complexity index is 1200. The van der Waals surface area contributed by atoms with Gasteiger partial charge in [0.2, 0.25) is 0 Å². The maximum atomic E-state index is 12.7. The smallest absolute Gasteiger partial charge is 0.306 e. The quantitative estimate of drug-likeness (QED) is 0.0263.